The number of carbonyl (C=O) groups is 1. The average molecular weight is 398 g/mol. The Morgan fingerprint density at radius 3 is 2.69 bits per heavy atom. The predicted molar refractivity (Wildman–Crippen MR) is 102 cm³/mol. The Labute approximate surface area is 165 Å². The van der Waals surface area contributed by atoms with E-state index in [9.17, 15) is 14.0 Å². The number of amides is 1. The monoisotopic (exact) mass is 398 g/mol. The zero-order valence-corrected chi connectivity index (χ0v) is 15.7. The minimum Gasteiger partial charge on any atom is -0.485 e. The van der Waals surface area contributed by atoms with Gasteiger partial charge in [-0.2, -0.15) is 0 Å². The molecule has 9 heteroatoms. The molecule has 8 nitrogen and oxygen atoms in total. The summed E-state index contributed by atoms with van der Waals surface area (Å²) in [4.78, 5) is 24.7. The molecule has 4 rings (SSSR count). The highest BCUT2D eigenvalue weighted by Crippen LogP contribution is 2.30. The van der Waals surface area contributed by atoms with Crippen LogP contribution in [-0.4, -0.2) is 39.5 Å². The Balaban J connectivity index is 1.37. The molecule has 0 saturated heterocycles. The summed E-state index contributed by atoms with van der Waals surface area (Å²) in [7, 11) is 1.59. The fourth-order valence-corrected chi connectivity index (χ4v) is 3.03. The van der Waals surface area contributed by atoms with Crippen molar-refractivity contribution in [2.24, 2.45) is 7.05 Å². The van der Waals surface area contributed by atoms with Crippen LogP contribution in [0.3, 0.4) is 0 Å². The summed E-state index contributed by atoms with van der Waals surface area (Å²) in [6.07, 6.45) is -0.764. The maximum atomic E-state index is 13.1. The molecular weight excluding hydrogens is 379 g/mol. The minimum absolute atomic E-state index is 0.112. The lowest BCUT2D eigenvalue weighted by molar-refractivity contribution is -0.130. The van der Waals surface area contributed by atoms with Crippen LogP contribution in [-0.2, 0) is 18.4 Å². The number of benzene rings is 2. The van der Waals surface area contributed by atoms with Gasteiger partial charge in [0.05, 0.1) is 6.54 Å². The molecule has 1 aliphatic heterocycles. The van der Waals surface area contributed by atoms with Gasteiger partial charge in [0.2, 0.25) is 6.10 Å². The molecule has 29 heavy (non-hydrogen) atoms. The summed E-state index contributed by atoms with van der Waals surface area (Å²) >= 11 is 0. The van der Waals surface area contributed by atoms with Gasteiger partial charge in [0.15, 0.2) is 17.3 Å². The Morgan fingerprint density at radius 1 is 1.21 bits per heavy atom. The number of hydrogen-bond acceptors (Lipinski definition) is 5. The molecule has 0 bridgehead atoms. The first-order chi connectivity index (χ1) is 14.0. The van der Waals surface area contributed by atoms with Crippen LogP contribution in [0.5, 0.6) is 11.5 Å². The van der Waals surface area contributed by atoms with E-state index in [1.54, 1.807) is 37.4 Å². The Morgan fingerprint density at radius 2 is 1.93 bits per heavy atom. The normalized spacial score (nSPS) is 15.2. The van der Waals surface area contributed by atoms with Gasteiger partial charge in [0.1, 0.15) is 12.4 Å². The van der Waals surface area contributed by atoms with E-state index in [1.807, 2.05) is 6.07 Å². The molecule has 2 aromatic carbocycles. The SMILES string of the molecule is Cn1c(-c2ccc(F)cc2)nn(CCNC(=O)C2COc3ccccc3O2)c1=O. The van der Waals surface area contributed by atoms with Crippen molar-refractivity contribution >= 4 is 5.91 Å². The second-order valence-electron chi connectivity index (χ2n) is 6.55. The molecule has 0 spiro atoms. The van der Waals surface area contributed by atoms with Gasteiger partial charge in [0, 0.05) is 19.2 Å². The number of carbonyl (C=O) groups excluding carboxylic acids is 1. The molecular formula is C20H19FN4O4. The van der Waals surface area contributed by atoms with Crippen LogP contribution in [0, 0.1) is 5.82 Å². The van der Waals surface area contributed by atoms with Gasteiger partial charge in [-0.25, -0.2) is 13.9 Å². The van der Waals surface area contributed by atoms with Crippen LogP contribution in [0.25, 0.3) is 11.4 Å². The molecule has 1 amide bonds. The second kappa shape index (κ2) is 7.78. The molecule has 1 N–H and O–H groups in total. The Kier molecular flexibility index (Phi) is 5.03. The molecule has 0 aliphatic carbocycles. The topological polar surface area (TPSA) is 87.4 Å². The standard InChI is InChI=1S/C20H19FN4O4/c1-24-18(13-6-8-14(21)9-7-13)23-25(20(24)27)11-10-22-19(26)17-12-28-15-4-2-3-5-16(15)29-17/h2-9,17H,10-12H2,1H3,(H,22,26). The van der Waals surface area contributed by atoms with Crippen LogP contribution in [0.15, 0.2) is 53.3 Å². The van der Waals surface area contributed by atoms with Crippen molar-refractivity contribution in [1.29, 1.82) is 0 Å². The first-order valence-corrected chi connectivity index (χ1v) is 9.09. The number of para-hydroxylation sites is 2. The number of nitrogens with zero attached hydrogens (tertiary/aromatic N) is 3. The Bertz CT molecular complexity index is 1090. The van der Waals surface area contributed by atoms with Gasteiger partial charge in [-0.05, 0) is 36.4 Å². The molecule has 0 radical (unpaired) electrons. The van der Waals surface area contributed by atoms with Gasteiger partial charge < -0.3 is 14.8 Å². The predicted octanol–water partition coefficient (Wildman–Crippen LogP) is 1.34. The number of rotatable bonds is 5. The number of ether oxygens (including phenoxy) is 2. The van der Waals surface area contributed by atoms with Gasteiger partial charge in [0.25, 0.3) is 5.91 Å². The van der Waals surface area contributed by atoms with E-state index in [2.05, 4.69) is 10.4 Å². The van der Waals surface area contributed by atoms with Crippen molar-refractivity contribution in [1.82, 2.24) is 19.7 Å². The molecule has 0 saturated carbocycles. The summed E-state index contributed by atoms with van der Waals surface area (Å²) in [6, 6.07) is 12.9. The van der Waals surface area contributed by atoms with E-state index >= 15 is 0 Å². The maximum absolute atomic E-state index is 13.1. The van der Waals surface area contributed by atoms with Crippen LogP contribution in [0.1, 0.15) is 0 Å². The second-order valence-corrected chi connectivity index (χ2v) is 6.55. The fourth-order valence-electron chi connectivity index (χ4n) is 3.03. The Hall–Kier alpha value is -3.62. The molecule has 1 unspecified atom stereocenters. The highest BCUT2D eigenvalue weighted by Gasteiger charge is 2.27. The lowest BCUT2D eigenvalue weighted by Gasteiger charge is -2.25. The highest BCUT2D eigenvalue weighted by atomic mass is 19.1. The first kappa shape index (κ1) is 18.7. The van der Waals surface area contributed by atoms with Crippen molar-refractivity contribution in [3.05, 3.63) is 64.8 Å². The van der Waals surface area contributed by atoms with Gasteiger partial charge >= 0.3 is 5.69 Å². The maximum Gasteiger partial charge on any atom is 0.345 e. The van der Waals surface area contributed by atoms with E-state index in [0.29, 0.717) is 22.9 Å². The number of fused-ring (bicyclic) bond motifs is 1. The van der Waals surface area contributed by atoms with E-state index < -0.39 is 6.10 Å². The third-order valence-electron chi connectivity index (χ3n) is 4.57. The minimum atomic E-state index is -0.764. The summed E-state index contributed by atoms with van der Waals surface area (Å²) in [5, 5.41) is 7.02. The van der Waals surface area contributed by atoms with Crippen molar-refractivity contribution in [3.8, 4) is 22.9 Å². The lowest BCUT2D eigenvalue weighted by Crippen LogP contribution is -2.45. The van der Waals surface area contributed by atoms with Crippen LogP contribution in [0.4, 0.5) is 4.39 Å². The average Bonchev–Trinajstić information content (AvgIpc) is 3.02. The molecule has 1 atom stereocenters. The van der Waals surface area contributed by atoms with E-state index in [-0.39, 0.29) is 37.1 Å². The van der Waals surface area contributed by atoms with Gasteiger partial charge in [-0.15, -0.1) is 5.10 Å². The number of halogens is 1. The van der Waals surface area contributed by atoms with Crippen molar-refractivity contribution in [2.75, 3.05) is 13.2 Å². The van der Waals surface area contributed by atoms with Gasteiger partial charge in [-0.1, -0.05) is 12.1 Å². The summed E-state index contributed by atoms with van der Waals surface area (Å²) in [5.74, 6) is 0.843. The largest absolute Gasteiger partial charge is 0.485 e. The smallest absolute Gasteiger partial charge is 0.345 e. The lowest BCUT2D eigenvalue weighted by atomic mass is 10.2. The van der Waals surface area contributed by atoms with Gasteiger partial charge in [-0.3, -0.25) is 9.36 Å². The number of aromatic nitrogens is 3. The highest BCUT2D eigenvalue weighted by molar-refractivity contribution is 5.81. The number of hydrogen-bond donors (Lipinski definition) is 1. The van der Waals surface area contributed by atoms with Crippen molar-refractivity contribution in [2.45, 2.75) is 12.6 Å². The summed E-state index contributed by atoms with van der Waals surface area (Å²) in [6.45, 7) is 0.491. The molecule has 3 aromatic rings. The zero-order chi connectivity index (χ0) is 20.4. The van der Waals surface area contributed by atoms with Crippen LogP contribution < -0.4 is 20.5 Å². The molecule has 1 aliphatic rings. The van der Waals surface area contributed by atoms with Crippen LogP contribution in [0.2, 0.25) is 0 Å². The molecule has 2 heterocycles. The van der Waals surface area contributed by atoms with Crippen molar-refractivity contribution in [3.63, 3.8) is 0 Å². The number of nitrogens with one attached hydrogen (secondary N) is 1. The third kappa shape index (κ3) is 3.84. The quantitative estimate of drug-likeness (QED) is 0.701. The third-order valence-corrected chi connectivity index (χ3v) is 4.57. The molecule has 0 fully saturated rings. The van der Waals surface area contributed by atoms with E-state index in [4.69, 9.17) is 9.47 Å². The summed E-state index contributed by atoms with van der Waals surface area (Å²) < 4.78 is 26.9. The van der Waals surface area contributed by atoms with E-state index in [1.165, 1.54) is 21.4 Å². The van der Waals surface area contributed by atoms with Crippen LogP contribution >= 0.6 is 0 Å². The first-order valence-electron chi connectivity index (χ1n) is 9.09. The fraction of sp³-hybridized carbons (Fsp3) is 0.250. The van der Waals surface area contributed by atoms with E-state index in [0.717, 1.165) is 0 Å². The van der Waals surface area contributed by atoms with Crippen molar-refractivity contribution < 1.29 is 18.7 Å². The molecule has 150 valence electrons. The summed E-state index contributed by atoms with van der Waals surface area (Å²) in [5.41, 5.74) is 0.296. The zero-order valence-electron chi connectivity index (χ0n) is 15.7. The molecule has 1 aromatic heterocycles.